The fraction of sp³-hybridized carbons (Fsp3) is 0.353. The Labute approximate surface area is 161 Å². The molecular weight excluding hydrogens is 388 g/mol. The first-order valence-electron chi connectivity index (χ1n) is 8.77. The molecule has 3 aromatic rings. The second-order valence-corrected chi connectivity index (χ2v) is 9.00. The van der Waals surface area contributed by atoms with Crippen molar-refractivity contribution in [3.63, 3.8) is 0 Å². The van der Waals surface area contributed by atoms with Crippen molar-refractivity contribution in [2.45, 2.75) is 30.8 Å². The molecule has 2 aliphatic rings. The van der Waals surface area contributed by atoms with Crippen LogP contribution in [0.25, 0.3) is 11.2 Å². The number of halogens is 1. The smallest absolute Gasteiger partial charge is 0.260 e. The van der Waals surface area contributed by atoms with Crippen LogP contribution < -0.4 is 0 Å². The number of aromatic nitrogens is 5. The summed E-state index contributed by atoms with van der Waals surface area (Å²) in [6.07, 6.45) is 9.08. The maximum Gasteiger partial charge on any atom is 0.260 e. The lowest BCUT2D eigenvalue weighted by Gasteiger charge is -2.26. The summed E-state index contributed by atoms with van der Waals surface area (Å²) < 4.78 is 31.1. The number of aryl methyl sites for hydroxylation is 1. The number of fused-ring (bicyclic) bond motifs is 2. The Bertz CT molecular complexity index is 1180. The Hall–Kier alpha value is -2.23. The summed E-state index contributed by atoms with van der Waals surface area (Å²) >= 11 is 6.40. The standard InChI is InChI=1S/C17H17ClN6O2S/c18-14-8-16-20-11-21-24(16)10-13(14)12-3-6-22(7-4-12)27(25,26)17-9-19-15-2-1-5-23(15)17/h3,8-11H,1-2,4-7H2. The molecule has 0 radical (unpaired) electrons. The summed E-state index contributed by atoms with van der Waals surface area (Å²) in [6, 6.07) is 1.77. The lowest BCUT2D eigenvalue weighted by Crippen LogP contribution is -2.35. The largest absolute Gasteiger partial charge is 0.318 e. The maximum atomic E-state index is 13.0. The van der Waals surface area contributed by atoms with Crippen molar-refractivity contribution in [3.05, 3.63) is 47.3 Å². The molecule has 0 unspecified atom stereocenters. The van der Waals surface area contributed by atoms with Gasteiger partial charge in [-0.05, 0) is 18.4 Å². The highest BCUT2D eigenvalue weighted by atomic mass is 35.5. The molecule has 2 aliphatic heterocycles. The highest BCUT2D eigenvalue weighted by molar-refractivity contribution is 7.89. The fourth-order valence-corrected chi connectivity index (χ4v) is 5.55. The summed E-state index contributed by atoms with van der Waals surface area (Å²) in [4.78, 5) is 8.38. The van der Waals surface area contributed by atoms with Crippen LogP contribution in [0, 0.1) is 0 Å². The number of hydrogen-bond acceptors (Lipinski definition) is 5. The molecule has 0 amide bonds. The van der Waals surface area contributed by atoms with Crippen LogP contribution in [0.5, 0.6) is 0 Å². The lowest BCUT2D eigenvalue weighted by molar-refractivity contribution is 0.434. The van der Waals surface area contributed by atoms with Crippen molar-refractivity contribution in [2.24, 2.45) is 0 Å². The third-order valence-corrected chi connectivity index (χ3v) is 7.35. The van der Waals surface area contributed by atoms with Crippen molar-refractivity contribution in [1.82, 2.24) is 28.5 Å². The number of sulfonamides is 1. The van der Waals surface area contributed by atoms with Gasteiger partial charge in [-0.3, -0.25) is 0 Å². The third kappa shape index (κ3) is 2.69. The SMILES string of the molecule is O=S(=O)(c1cnc2n1CCC2)N1CC=C(c2cn3ncnc3cc2Cl)CC1. The van der Waals surface area contributed by atoms with E-state index in [1.807, 2.05) is 16.8 Å². The van der Waals surface area contributed by atoms with E-state index in [0.29, 0.717) is 41.8 Å². The van der Waals surface area contributed by atoms with E-state index in [0.717, 1.165) is 29.8 Å². The summed E-state index contributed by atoms with van der Waals surface area (Å²) in [7, 11) is -3.56. The van der Waals surface area contributed by atoms with Crippen LogP contribution in [-0.2, 0) is 23.0 Å². The van der Waals surface area contributed by atoms with Crippen LogP contribution >= 0.6 is 11.6 Å². The number of rotatable bonds is 3. The monoisotopic (exact) mass is 404 g/mol. The van der Waals surface area contributed by atoms with Gasteiger partial charge in [0.05, 0.1) is 11.2 Å². The zero-order valence-electron chi connectivity index (χ0n) is 14.4. The van der Waals surface area contributed by atoms with Gasteiger partial charge in [0.15, 0.2) is 10.7 Å². The quantitative estimate of drug-likeness (QED) is 0.666. The first kappa shape index (κ1) is 16.9. The Morgan fingerprint density at radius 1 is 1.15 bits per heavy atom. The molecule has 0 atom stereocenters. The Morgan fingerprint density at radius 3 is 2.85 bits per heavy atom. The van der Waals surface area contributed by atoms with E-state index in [9.17, 15) is 8.42 Å². The summed E-state index contributed by atoms with van der Waals surface area (Å²) in [5.41, 5.74) is 2.55. The number of hydrogen-bond donors (Lipinski definition) is 0. The molecule has 0 saturated heterocycles. The van der Waals surface area contributed by atoms with Crippen molar-refractivity contribution in [3.8, 4) is 0 Å². The third-order valence-electron chi connectivity index (χ3n) is 5.17. The van der Waals surface area contributed by atoms with E-state index >= 15 is 0 Å². The van der Waals surface area contributed by atoms with Crippen LogP contribution in [0.4, 0.5) is 0 Å². The Kier molecular flexibility index (Phi) is 3.85. The highest BCUT2D eigenvalue weighted by Crippen LogP contribution is 2.31. The van der Waals surface area contributed by atoms with E-state index < -0.39 is 10.0 Å². The molecule has 0 bridgehead atoms. The van der Waals surface area contributed by atoms with Crippen LogP contribution in [-0.4, -0.2) is 50.0 Å². The van der Waals surface area contributed by atoms with Gasteiger partial charge in [0.25, 0.3) is 10.0 Å². The molecular formula is C17H17ClN6O2S. The van der Waals surface area contributed by atoms with Gasteiger partial charge in [-0.15, -0.1) is 0 Å². The van der Waals surface area contributed by atoms with Gasteiger partial charge in [-0.1, -0.05) is 17.7 Å². The Balaban J connectivity index is 1.44. The summed E-state index contributed by atoms with van der Waals surface area (Å²) in [6.45, 7) is 1.43. The number of imidazole rings is 1. The molecule has 0 N–H and O–H groups in total. The van der Waals surface area contributed by atoms with E-state index in [4.69, 9.17) is 11.6 Å². The molecule has 0 aromatic carbocycles. The maximum absolute atomic E-state index is 13.0. The number of pyridine rings is 1. The molecule has 3 aromatic heterocycles. The summed E-state index contributed by atoms with van der Waals surface area (Å²) in [5, 5.41) is 5.03. The minimum absolute atomic E-state index is 0.300. The average molecular weight is 405 g/mol. The van der Waals surface area contributed by atoms with Crippen molar-refractivity contribution in [1.29, 1.82) is 0 Å². The van der Waals surface area contributed by atoms with Crippen molar-refractivity contribution < 1.29 is 8.42 Å². The topological polar surface area (TPSA) is 85.4 Å². The highest BCUT2D eigenvalue weighted by Gasteiger charge is 2.32. The van der Waals surface area contributed by atoms with Gasteiger partial charge >= 0.3 is 0 Å². The molecule has 0 saturated carbocycles. The van der Waals surface area contributed by atoms with E-state index in [-0.39, 0.29) is 0 Å². The molecule has 5 rings (SSSR count). The average Bonchev–Trinajstić information content (AvgIpc) is 3.37. The number of nitrogens with zero attached hydrogens (tertiary/aromatic N) is 6. The Morgan fingerprint density at radius 2 is 2.04 bits per heavy atom. The summed E-state index contributed by atoms with van der Waals surface area (Å²) in [5.74, 6) is 0.856. The first-order valence-corrected chi connectivity index (χ1v) is 10.6. The minimum atomic E-state index is -3.56. The van der Waals surface area contributed by atoms with Crippen LogP contribution in [0.1, 0.15) is 24.2 Å². The second kappa shape index (κ2) is 6.15. The molecule has 8 nitrogen and oxygen atoms in total. The molecule has 10 heteroatoms. The zero-order valence-corrected chi connectivity index (χ0v) is 16.0. The predicted molar refractivity (Wildman–Crippen MR) is 99.9 cm³/mol. The first-order chi connectivity index (χ1) is 13.0. The second-order valence-electron chi connectivity index (χ2n) is 6.71. The van der Waals surface area contributed by atoms with Gasteiger partial charge in [0.1, 0.15) is 12.2 Å². The molecule has 5 heterocycles. The van der Waals surface area contributed by atoms with Crippen molar-refractivity contribution in [2.75, 3.05) is 13.1 Å². The fourth-order valence-electron chi connectivity index (χ4n) is 3.76. The lowest BCUT2D eigenvalue weighted by atomic mass is 10.0. The van der Waals surface area contributed by atoms with Crippen LogP contribution in [0.3, 0.4) is 0 Å². The van der Waals surface area contributed by atoms with Gasteiger partial charge in [0, 0.05) is 43.9 Å². The van der Waals surface area contributed by atoms with E-state index in [1.54, 1.807) is 10.6 Å². The van der Waals surface area contributed by atoms with E-state index in [1.165, 1.54) is 16.8 Å². The van der Waals surface area contributed by atoms with Crippen LogP contribution in [0.2, 0.25) is 5.02 Å². The predicted octanol–water partition coefficient (Wildman–Crippen LogP) is 2.00. The molecule has 27 heavy (non-hydrogen) atoms. The van der Waals surface area contributed by atoms with Gasteiger partial charge in [-0.25, -0.2) is 22.9 Å². The van der Waals surface area contributed by atoms with Gasteiger partial charge < -0.3 is 4.57 Å². The van der Waals surface area contributed by atoms with Gasteiger partial charge in [-0.2, -0.15) is 9.40 Å². The van der Waals surface area contributed by atoms with Gasteiger partial charge in [0.2, 0.25) is 0 Å². The molecule has 0 spiro atoms. The molecule has 140 valence electrons. The van der Waals surface area contributed by atoms with Crippen molar-refractivity contribution >= 4 is 32.8 Å². The normalized spacial score (nSPS) is 18.0. The molecule has 0 aliphatic carbocycles. The van der Waals surface area contributed by atoms with Crippen LogP contribution in [0.15, 0.2) is 35.9 Å². The molecule has 0 fully saturated rings. The van der Waals surface area contributed by atoms with E-state index in [2.05, 4.69) is 15.1 Å². The minimum Gasteiger partial charge on any atom is -0.318 e. The zero-order chi connectivity index (χ0) is 18.6.